The van der Waals surface area contributed by atoms with Crippen LogP contribution in [0.2, 0.25) is 0 Å². The molecule has 0 amide bonds. The molecule has 0 radical (unpaired) electrons. The molecule has 35 nitrogen and oxygen atoms in total. The number of phenols is 7. The van der Waals surface area contributed by atoms with Crippen molar-refractivity contribution in [2.75, 3.05) is 19.8 Å². The predicted octanol–water partition coefficient (Wildman–Crippen LogP) is 0.621. The number of allylic oxidation sites excluding steroid dienone is 2. The van der Waals surface area contributed by atoms with E-state index in [2.05, 4.69) is 54.5 Å². The molecule has 35 heteroatoms. The fourth-order valence-electron chi connectivity index (χ4n) is 21.0. The lowest BCUT2D eigenvalue weighted by atomic mass is 9.33. The highest BCUT2D eigenvalue weighted by Gasteiger charge is 2.72. The van der Waals surface area contributed by atoms with E-state index in [0.717, 1.165) is 43.0 Å². The number of aliphatic hydroxyl groups is 14. The van der Waals surface area contributed by atoms with Crippen LogP contribution < -0.4 is 4.74 Å². The van der Waals surface area contributed by atoms with Gasteiger partial charge in [0, 0.05) is 29.7 Å². The molecule has 0 aromatic heterocycles. The van der Waals surface area contributed by atoms with E-state index < -0.39 is 236 Å². The van der Waals surface area contributed by atoms with E-state index in [4.69, 9.17) is 56.8 Å². The molecular weight excluding hydrogens is 1520 g/mol. The van der Waals surface area contributed by atoms with Gasteiger partial charge >= 0.3 is 11.9 Å². The summed E-state index contributed by atoms with van der Waals surface area (Å²) in [4.78, 5) is 28.1. The maximum absolute atomic E-state index is 15.4. The number of aliphatic hydroxyl groups excluding tert-OH is 14. The SMILES string of the molecule is CC1OC(OC2CCC3(C)C(CCC4(C)C3CC=C3C5CC(C)(C)CCC5(C(=O)OC5OCC(O)C(O)C5OC5OC(C)C(OC6OC(CO)C(O)C(O)C6O)C(O)C5O)C(O)CC34C)C2(C)C)C(O)C(O)C1OC1OCC(O)C(O)C1O.O=C(OC1Cc2c(O)cc(O)cc2OC1c1ccc(O)c(O)c1)c1cc(O)c(O)c(O)c1. The molecular formula is C80H112O35. The van der Waals surface area contributed by atoms with Crippen LogP contribution in [0.4, 0.5) is 0 Å². The second-order valence-electron chi connectivity index (χ2n) is 35.5. The maximum Gasteiger partial charge on any atom is 0.338 e. The van der Waals surface area contributed by atoms with Crippen LogP contribution in [0.15, 0.2) is 54.1 Å². The van der Waals surface area contributed by atoms with E-state index in [1.54, 1.807) is 6.92 Å². The molecule has 11 aliphatic rings. The number of rotatable bonds is 14. The van der Waals surface area contributed by atoms with Crippen LogP contribution in [0.1, 0.15) is 148 Å². The molecule has 34 atom stereocenters. The monoisotopic (exact) mass is 1630 g/mol. The average molecular weight is 1630 g/mol. The lowest BCUT2D eigenvalue weighted by Crippen LogP contribution is -2.68. The summed E-state index contributed by atoms with van der Waals surface area (Å²) in [6.45, 7) is 17.2. The molecule has 9 fully saturated rings. The molecule has 0 spiro atoms. The molecule has 6 heterocycles. The molecule has 5 saturated heterocycles. The van der Waals surface area contributed by atoms with Gasteiger partial charge in [-0.2, -0.15) is 0 Å². The predicted molar refractivity (Wildman–Crippen MR) is 389 cm³/mol. The van der Waals surface area contributed by atoms with Gasteiger partial charge in [0.1, 0.15) is 120 Å². The second kappa shape index (κ2) is 32.4. The molecule has 115 heavy (non-hydrogen) atoms. The van der Waals surface area contributed by atoms with Crippen LogP contribution in [0.3, 0.4) is 0 Å². The minimum absolute atomic E-state index is 0.0461. The van der Waals surface area contributed by atoms with Crippen LogP contribution in [-0.2, 0) is 63.3 Å². The largest absolute Gasteiger partial charge is 0.508 e. The van der Waals surface area contributed by atoms with Gasteiger partial charge < -0.3 is 164 Å². The first kappa shape index (κ1) is 86.7. The summed E-state index contributed by atoms with van der Waals surface area (Å²) in [7, 11) is 0. The highest BCUT2D eigenvalue weighted by Crippen LogP contribution is 2.76. The normalized spacial score (nSPS) is 44.6. The number of hydrogen-bond donors (Lipinski definition) is 21. The standard InChI is InChI=1S/C58H94O25.C22H18O10/c1-23-44(80-47-40(69)34(63)27(60)21-74-47)38(67)42(71)48(76-23)79-33-13-14-55(7)30(54(33,5)6)12-15-56(8)31(55)11-10-25-26-18-53(3,4)16-17-58(26,32(62)19-57(25,56)9)52(73)83-51-46(35(64)28(61)22-75-51)82-49-43(72)39(68)45(24(2)77-49)81-50-41(70)37(66)36(65)29(20-59)78-50;23-11-6-14(25)12-8-19(32-22(30)10-4-16(27)20(29)17(28)5-10)21(31-18(12)7-11)9-1-2-13(24)15(26)3-9/h10,23-24,26-51,59-72H,11-22H2,1-9H3;1-7,19,21,23-29H,8H2. The molecule has 3 aromatic carbocycles. The summed E-state index contributed by atoms with van der Waals surface area (Å²) in [6, 6.07) is 8.07. The van der Waals surface area contributed by atoms with E-state index in [9.17, 15) is 112 Å². The van der Waals surface area contributed by atoms with Gasteiger partial charge in [-0.1, -0.05) is 66.2 Å². The maximum atomic E-state index is 15.4. The van der Waals surface area contributed by atoms with Gasteiger partial charge in [0.05, 0.1) is 49.8 Å². The van der Waals surface area contributed by atoms with Gasteiger partial charge in [-0.25, -0.2) is 4.79 Å². The van der Waals surface area contributed by atoms with Crippen molar-refractivity contribution in [2.24, 2.45) is 50.2 Å². The Labute approximate surface area is 662 Å². The van der Waals surface area contributed by atoms with Gasteiger partial charge in [-0.05, 0) is 141 Å². The van der Waals surface area contributed by atoms with Crippen molar-refractivity contribution in [3.8, 4) is 46.0 Å². The molecule has 3 aromatic rings. The highest BCUT2D eigenvalue weighted by atomic mass is 16.8. The molecule has 4 saturated carbocycles. The minimum atomic E-state index is -1.93. The zero-order chi connectivity index (χ0) is 83.7. The smallest absolute Gasteiger partial charge is 0.338 e. The van der Waals surface area contributed by atoms with E-state index in [0.29, 0.717) is 31.2 Å². The molecule has 21 N–H and O–H groups in total. The molecule has 14 rings (SSSR count). The van der Waals surface area contributed by atoms with Crippen molar-refractivity contribution in [3.63, 3.8) is 0 Å². The van der Waals surface area contributed by atoms with Crippen molar-refractivity contribution in [1.82, 2.24) is 0 Å². The molecule has 5 aliphatic carbocycles. The average Bonchev–Trinajstić information content (AvgIpc) is 0.670. The third-order valence-electron chi connectivity index (χ3n) is 27.7. The number of aromatic hydroxyl groups is 7. The van der Waals surface area contributed by atoms with Gasteiger partial charge in [-0.3, -0.25) is 4.79 Å². The number of phenolic OH excluding ortho intramolecular Hbond substituents is 7. The summed E-state index contributed by atoms with van der Waals surface area (Å²) < 4.78 is 71.0. The van der Waals surface area contributed by atoms with Gasteiger partial charge in [-0.15, -0.1) is 0 Å². The summed E-state index contributed by atoms with van der Waals surface area (Å²) >= 11 is 0. The fraction of sp³-hybridized carbons (Fsp3) is 0.725. The number of fused-ring (bicyclic) bond motifs is 8. The van der Waals surface area contributed by atoms with Crippen LogP contribution in [-0.4, -0.2) is 299 Å². The first-order chi connectivity index (χ1) is 53.9. The van der Waals surface area contributed by atoms with E-state index in [-0.39, 0.29) is 88.1 Å². The minimum Gasteiger partial charge on any atom is -0.508 e. The molecule has 34 unspecified atom stereocenters. The Balaban J connectivity index is 0.000000299. The van der Waals surface area contributed by atoms with Gasteiger partial charge in [0.2, 0.25) is 6.29 Å². The van der Waals surface area contributed by atoms with Crippen molar-refractivity contribution < 1.29 is 174 Å². The summed E-state index contributed by atoms with van der Waals surface area (Å²) in [6.07, 6.45) is -31.4. The zero-order valence-corrected chi connectivity index (χ0v) is 65.2. The Morgan fingerprint density at radius 2 is 1.11 bits per heavy atom. The zero-order valence-electron chi connectivity index (χ0n) is 65.2. The lowest BCUT2D eigenvalue weighted by Gasteiger charge is -2.71. The van der Waals surface area contributed by atoms with E-state index >= 15 is 4.79 Å². The molecule has 642 valence electrons. The van der Waals surface area contributed by atoms with Crippen molar-refractivity contribution in [2.45, 2.75) is 292 Å². The van der Waals surface area contributed by atoms with Crippen LogP contribution >= 0.6 is 0 Å². The summed E-state index contributed by atoms with van der Waals surface area (Å²) in [5, 5.41) is 221. The summed E-state index contributed by atoms with van der Waals surface area (Å²) in [5.74, 6) is -5.43. The van der Waals surface area contributed by atoms with E-state index in [1.165, 1.54) is 31.2 Å². The quantitative estimate of drug-likeness (QED) is 0.0455. The van der Waals surface area contributed by atoms with Crippen LogP contribution in [0, 0.1) is 50.2 Å². The number of carbonyl (C=O) groups excluding carboxylic acids is 2. The second-order valence-corrected chi connectivity index (χ2v) is 35.5. The Hall–Kier alpha value is -6.18. The lowest BCUT2D eigenvalue weighted by molar-refractivity contribution is -0.374. The number of hydrogen-bond acceptors (Lipinski definition) is 35. The third-order valence-corrected chi connectivity index (χ3v) is 27.7. The van der Waals surface area contributed by atoms with Crippen LogP contribution in [0.5, 0.6) is 46.0 Å². The third kappa shape index (κ3) is 15.4. The summed E-state index contributed by atoms with van der Waals surface area (Å²) in [5.41, 5.74) is -1.95. The molecule has 6 aliphatic heterocycles. The number of carbonyl (C=O) groups is 2. The number of esters is 2. The van der Waals surface area contributed by atoms with E-state index in [1.807, 2.05) is 0 Å². The Kier molecular flexibility index (Phi) is 24.4. The van der Waals surface area contributed by atoms with Gasteiger partial charge in [0.25, 0.3) is 0 Å². The Morgan fingerprint density at radius 3 is 1.75 bits per heavy atom. The topological polar surface area (TPSA) is 570 Å². The first-order valence-corrected chi connectivity index (χ1v) is 39.3. The first-order valence-electron chi connectivity index (χ1n) is 39.3. The number of ether oxygens (including phenoxy) is 12. The van der Waals surface area contributed by atoms with Crippen molar-refractivity contribution >= 4 is 11.9 Å². The Bertz CT molecular complexity index is 4000. The number of benzene rings is 3. The highest BCUT2D eigenvalue weighted by molar-refractivity contribution is 5.91. The van der Waals surface area contributed by atoms with Crippen LogP contribution in [0.25, 0.3) is 0 Å². The Morgan fingerprint density at radius 1 is 0.530 bits per heavy atom. The van der Waals surface area contributed by atoms with Crippen molar-refractivity contribution in [1.29, 1.82) is 0 Å². The van der Waals surface area contributed by atoms with Crippen molar-refractivity contribution in [3.05, 3.63) is 70.8 Å². The molecule has 0 bridgehead atoms. The van der Waals surface area contributed by atoms with Gasteiger partial charge in [0.15, 0.2) is 66.1 Å². The fourth-order valence-corrected chi connectivity index (χ4v) is 21.0.